The SMILES string of the molecule is COc1ccc(OC)c(C(=O)N(C)Cc2cn(-c3ccccc3)nc2-c2ccccc2)c1. The number of rotatable bonds is 7. The van der Waals surface area contributed by atoms with Gasteiger partial charge in [0.2, 0.25) is 0 Å². The van der Waals surface area contributed by atoms with Gasteiger partial charge in [0.15, 0.2) is 0 Å². The predicted molar refractivity (Wildman–Crippen MR) is 124 cm³/mol. The van der Waals surface area contributed by atoms with Crippen molar-refractivity contribution in [1.29, 1.82) is 0 Å². The monoisotopic (exact) mass is 427 g/mol. The van der Waals surface area contributed by atoms with E-state index in [-0.39, 0.29) is 5.91 Å². The average Bonchev–Trinajstić information content (AvgIpc) is 3.28. The van der Waals surface area contributed by atoms with Crippen LogP contribution in [0.15, 0.2) is 85.1 Å². The van der Waals surface area contributed by atoms with Crippen molar-refractivity contribution < 1.29 is 14.3 Å². The molecule has 0 aliphatic rings. The fourth-order valence-corrected chi connectivity index (χ4v) is 3.59. The van der Waals surface area contributed by atoms with Gasteiger partial charge in [0, 0.05) is 30.9 Å². The van der Waals surface area contributed by atoms with Crippen molar-refractivity contribution in [1.82, 2.24) is 14.7 Å². The highest BCUT2D eigenvalue weighted by Gasteiger charge is 2.21. The van der Waals surface area contributed by atoms with E-state index in [1.165, 1.54) is 0 Å². The third-order valence-corrected chi connectivity index (χ3v) is 5.25. The number of benzene rings is 3. The quantitative estimate of drug-likeness (QED) is 0.424. The lowest BCUT2D eigenvalue weighted by Gasteiger charge is -2.19. The minimum absolute atomic E-state index is 0.160. The molecule has 0 radical (unpaired) electrons. The molecule has 0 spiro atoms. The molecule has 0 bridgehead atoms. The van der Waals surface area contributed by atoms with Crippen LogP contribution in [-0.4, -0.2) is 41.9 Å². The maximum Gasteiger partial charge on any atom is 0.257 e. The third kappa shape index (κ3) is 4.34. The molecule has 4 rings (SSSR count). The van der Waals surface area contributed by atoms with Crippen molar-refractivity contribution in [3.63, 3.8) is 0 Å². The van der Waals surface area contributed by atoms with Crippen molar-refractivity contribution in [3.05, 3.63) is 96.2 Å². The number of aromatic nitrogens is 2. The van der Waals surface area contributed by atoms with Gasteiger partial charge < -0.3 is 14.4 Å². The second-order valence-corrected chi connectivity index (χ2v) is 7.38. The number of amides is 1. The standard InChI is InChI=1S/C26H25N3O3/c1-28(26(30)23-16-22(31-2)14-15-24(23)32-3)17-20-18-29(21-12-8-5-9-13-21)27-25(20)19-10-6-4-7-11-19/h4-16,18H,17H2,1-3H3. The van der Waals surface area contributed by atoms with Crippen LogP contribution in [0.1, 0.15) is 15.9 Å². The molecule has 1 aromatic heterocycles. The number of hydrogen-bond donors (Lipinski definition) is 0. The first-order valence-corrected chi connectivity index (χ1v) is 10.3. The van der Waals surface area contributed by atoms with Gasteiger partial charge in [-0.1, -0.05) is 48.5 Å². The lowest BCUT2D eigenvalue weighted by molar-refractivity contribution is 0.0781. The summed E-state index contributed by atoms with van der Waals surface area (Å²) in [5, 5.41) is 4.83. The molecule has 0 aliphatic heterocycles. The van der Waals surface area contributed by atoms with Crippen LogP contribution in [0.2, 0.25) is 0 Å². The van der Waals surface area contributed by atoms with Crippen LogP contribution >= 0.6 is 0 Å². The molecule has 32 heavy (non-hydrogen) atoms. The lowest BCUT2D eigenvalue weighted by Crippen LogP contribution is -2.26. The van der Waals surface area contributed by atoms with Gasteiger partial charge in [-0.3, -0.25) is 4.79 Å². The summed E-state index contributed by atoms with van der Waals surface area (Å²) in [6.45, 7) is 0.385. The summed E-state index contributed by atoms with van der Waals surface area (Å²) >= 11 is 0. The van der Waals surface area contributed by atoms with Gasteiger partial charge in [0.25, 0.3) is 5.91 Å². The van der Waals surface area contributed by atoms with Gasteiger partial charge in [-0.05, 0) is 30.3 Å². The first-order chi connectivity index (χ1) is 15.6. The first-order valence-electron chi connectivity index (χ1n) is 10.3. The summed E-state index contributed by atoms with van der Waals surface area (Å²) in [5.74, 6) is 0.947. The van der Waals surface area contributed by atoms with Crippen molar-refractivity contribution in [2.75, 3.05) is 21.3 Å². The van der Waals surface area contributed by atoms with Gasteiger partial charge >= 0.3 is 0 Å². The summed E-state index contributed by atoms with van der Waals surface area (Å²) < 4.78 is 12.5. The van der Waals surface area contributed by atoms with E-state index in [1.807, 2.05) is 71.5 Å². The number of para-hydroxylation sites is 1. The van der Waals surface area contributed by atoms with Crippen molar-refractivity contribution in [2.24, 2.45) is 0 Å². The van der Waals surface area contributed by atoms with Crippen LogP contribution < -0.4 is 9.47 Å². The van der Waals surface area contributed by atoms with E-state index in [4.69, 9.17) is 14.6 Å². The van der Waals surface area contributed by atoms with E-state index in [0.29, 0.717) is 23.6 Å². The van der Waals surface area contributed by atoms with Crippen molar-refractivity contribution >= 4 is 5.91 Å². The molecule has 0 saturated heterocycles. The highest BCUT2D eigenvalue weighted by molar-refractivity contribution is 5.97. The largest absolute Gasteiger partial charge is 0.497 e. The molecule has 0 fully saturated rings. The Bertz CT molecular complexity index is 1200. The molecule has 1 heterocycles. The molecule has 4 aromatic rings. The Labute approximate surface area is 187 Å². The molecular formula is C26H25N3O3. The van der Waals surface area contributed by atoms with Gasteiger partial charge in [-0.2, -0.15) is 5.10 Å². The smallest absolute Gasteiger partial charge is 0.257 e. The van der Waals surface area contributed by atoms with Gasteiger partial charge in [0.05, 0.1) is 31.2 Å². The normalized spacial score (nSPS) is 10.6. The Hall–Kier alpha value is -4.06. The molecule has 0 saturated carbocycles. The Morgan fingerprint density at radius 3 is 2.28 bits per heavy atom. The van der Waals surface area contributed by atoms with Crippen molar-refractivity contribution in [2.45, 2.75) is 6.54 Å². The maximum atomic E-state index is 13.3. The topological polar surface area (TPSA) is 56.6 Å². The summed E-state index contributed by atoms with van der Waals surface area (Å²) in [6.07, 6.45) is 1.98. The van der Waals surface area contributed by atoms with E-state index in [1.54, 1.807) is 44.4 Å². The van der Waals surface area contributed by atoms with Gasteiger partial charge in [-0.15, -0.1) is 0 Å². The zero-order valence-electron chi connectivity index (χ0n) is 18.4. The lowest BCUT2D eigenvalue weighted by atomic mass is 10.1. The number of hydrogen-bond acceptors (Lipinski definition) is 4. The van der Waals surface area contributed by atoms with E-state index in [0.717, 1.165) is 22.5 Å². The molecule has 0 N–H and O–H groups in total. The molecular weight excluding hydrogens is 402 g/mol. The summed E-state index contributed by atoms with van der Waals surface area (Å²) in [5.41, 5.74) is 4.19. The zero-order chi connectivity index (χ0) is 22.5. The summed E-state index contributed by atoms with van der Waals surface area (Å²) in [4.78, 5) is 14.9. The van der Waals surface area contributed by atoms with Crippen LogP contribution in [0.3, 0.4) is 0 Å². The highest BCUT2D eigenvalue weighted by atomic mass is 16.5. The first kappa shape index (κ1) is 21.2. The fraction of sp³-hybridized carbons (Fsp3) is 0.154. The van der Waals surface area contributed by atoms with Crippen LogP contribution in [0.4, 0.5) is 0 Å². The second-order valence-electron chi connectivity index (χ2n) is 7.38. The summed E-state index contributed by atoms with van der Waals surface area (Å²) in [6, 6.07) is 25.1. The van der Waals surface area contributed by atoms with Crippen LogP contribution in [0, 0.1) is 0 Å². The second kappa shape index (κ2) is 9.39. The highest BCUT2D eigenvalue weighted by Crippen LogP contribution is 2.28. The van der Waals surface area contributed by atoms with Crippen LogP contribution in [-0.2, 0) is 6.54 Å². The Balaban J connectivity index is 1.69. The van der Waals surface area contributed by atoms with Crippen LogP contribution in [0.5, 0.6) is 11.5 Å². The number of carbonyl (C=O) groups is 1. The number of methoxy groups -OCH3 is 2. The number of nitrogens with zero attached hydrogens (tertiary/aromatic N) is 3. The molecule has 6 heteroatoms. The van der Waals surface area contributed by atoms with E-state index < -0.39 is 0 Å². The third-order valence-electron chi connectivity index (χ3n) is 5.25. The predicted octanol–water partition coefficient (Wildman–Crippen LogP) is 4.83. The van der Waals surface area contributed by atoms with Gasteiger partial charge in [0.1, 0.15) is 11.5 Å². The summed E-state index contributed by atoms with van der Waals surface area (Å²) in [7, 11) is 4.90. The molecule has 3 aromatic carbocycles. The Morgan fingerprint density at radius 1 is 0.938 bits per heavy atom. The minimum atomic E-state index is -0.160. The van der Waals surface area contributed by atoms with E-state index >= 15 is 0 Å². The Morgan fingerprint density at radius 2 is 1.62 bits per heavy atom. The van der Waals surface area contributed by atoms with Crippen molar-refractivity contribution in [3.8, 4) is 28.4 Å². The molecule has 162 valence electrons. The van der Waals surface area contributed by atoms with E-state index in [9.17, 15) is 4.79 Å². The molecule has 6 nitrogen and oxygen atoms in total. The van der Waals surface area contributed by atoms with Crippen LogP contribution in [0.25, 0.3) is 16.9 Å². The molecule has 1 amide bonds. The van der Waals surface area contributed by atoms with Gasteiger partial charge in [-0.25, -0.2) is 4.68 Å². The molecule has 0 atom stereocenters. The zero-order valence-corrected chi connectivity index (χ0v) is 18.4. The number of carbonyl (C=O) groups excluding carboxylic acids is 1. The van der Waals surface area contributed by atoms with E-state index in [2.05, 4.69) is 0 Å². The minimum Gasteiger partial charge on any atom is -0.497 e. The number of ether oxygens (including phenoxy) is 2. The molecule has 0 aliphatic carbocycles. The molecule has 0 unspecified atom stereocenters. The maximum absolute atomic E-state index is 13.3. The average molecular weight is 428 g/mol. The Kier molecular flexibility index (Phi) is 6.22. The fourth-order valence-electron chi connectivity index (χ4n) is 3.59.